The lowest BCUT2D eigenvalue weighted by atomic mass is 9.89. The molecule has 1 aromatic rings. The SMILES string of the molecule is CCCCC(CCCC)(O[PH2]=S)c1cccs1. The molecule has 0 aromatic carbocycles. The molecule has 0 saturated heterocycles. The number of rotatable bonds is 9. The van der Waals surface area contributed by atoms with Crippen molar-refractivity contribution >= 4 is 30.7 Å². The first kappa shape index (κ1) is 15.4. The maximum Gasteiger partial charge on any atom is 0.107 e. The topological polar surface area (TPSA) is 9.23 Å². The number of hydrogen-bond acceptors (Lipinski definition) is 3. The first-order chi connectivity index (χ1) is 8.29. The molecule has 0 bridgehead atoms. The van der Waals surface area contributed by atoms with Gasteiger partial charge >= 0.3 is 0 Å². The molecule has 0 N–H and O–H groups in total. The van der Waals surface area contributed by atoms with E-state index in [9.17, 15) is 0 Å². The lowest BCUT2D eigenvalue weighted by molar-refractivity contribution is 0.0680. The summed E-state index contributed by atoms with van der Waals surface area (Å²) in [7, 11) is -0.309. The first-order valence-corrected chi connectivity index (χ1v) is 9.68. The van der Waals surface area contributed by atoms with Gasteiger partial charge in [-0.25, -0.2) is 0 Å². The van der Waals surface area contributed by atoms with Crippen molar-refractivity contribution in [3.63, 3.8) is 0 Å². The summed E-state index contributed by atoms with van der Waals surface area (Å²) in [4.78, 5) is 1.37. The normalized spacial score (nSPS) is 12.6. The van der Waals surface area contributed by atoms with Crippen LogP contribution in [0.1, 0.15) is 57.2 Å². The summed E-state index contributed by atoms with van der Waals surface area (Å²) < 4.78 is 6.09. The van der Waals surface area contributed by atoms with E-state index in [4.69, 9.17) is 16.3 Å². The minimum Gasteiger partial charge on any atom is -0.345 e. The average Bonchev–Trinajstić information content (AvgIpc) is 2.87. The summed E-state index contributed by atoms with van der Waals surface area (Å²) in [5.74, 6) is 0. The van der Waals surface area contributed by atoms with Crippen LogP contribution in [0, 0.1) is 0 Å². The monoisotopic (exact) mass is 290 g/mol. The standard InChI is InChI=1S/C13H23OPS2/c1-3-5-9-13(14-15-16,10-6-4-2)12-8-7-11-17-12/h7-8,11H,3-6,9-10,15H2,1-2H3. The van der Waals surface area contributed by atoms with Crippen molar-refractivity contribution in [2.24, 2.45) is 0 Å². The summed E-state index contributed by atoms with van der Waals surface area (Å²) in [6.45, 7) is 4.47. The smallest absolute Gasteiger partial charge is 0.107 e. The van der Waals surface area contributed by atoms with Gasteiger partial charge in [0.15, 0.2) is 0 Å². The van der Waals surface area contributed by atoms with Crippen molar-refractivity contribution in [2.75, 3.05) is 0 Å². The Labute approximate surface area is 116 Å². The lowest BCUT2D eigenvalue weighted by Gasteiger charge is -2.32. The van der Waals surface area contributed by atoms with Crippen molar-refractivity contribution in [1.29, 1.82) is 0 Å². The Morgan fingerprint density at radius 1 is 1.29 bits per heavy atom. The Balaban J connectivity index is 2.88. The molecular formula is C13H23OPS2. The third kappa shape index (κ3) is 4.48. The zero-order valence-corrected chi connectivity index (χ0v) is 13.6. The summed E-state index contributed by atoms with van der Waals surface area (Å²) >= 11 is 6.95. The van der Waals surface area contributed by atoms with Crippen LogP contribution in [0.5, 0.6) is 0 Å². The van der Waals surface area contributed by atoms with E-state index >= 15 is 0 Å². The van der Waals surface area contributed by atoms with Crippen LogP contribution in [0.25, 0.3) is 0 Å². The van der Waals surface area contributed by atoms with E-state index in [0.29, 0.717) is 0 Å². The highest BCUT2D eigenvalue weighted by atomic mass is 32.4. The second-order valence-electron chi connectivity index (χ2n) is 4.39. The summed E-state index contributed by atoms with van der Waals surface area (Å²) in [6.07, 6.45) is 7.11. The van der Waals surface area contributed by atoms with Gasteiger partial charge in [0.05, 0.1) is 0 Å². The quantitative estimate of drug-likeness (QED) is 0.583. The van der Waals surface area contributed by atoms with Gasteiger partial charge in [-0.15, -0.1) is 11.3 Å². The largest absolute Gasteiger partial charge is 0.345 e. The van der Waals surface area contributed by atoms with Gasteiger partial charge < -0.3 is 4.52 Å². The molecule has 0 fully saturated rings. The van der Waals surface area contributed by atoms with Gasteiger partial charge in [0, 0.05) is 12.5 Å². The fourth-order valence-electron chi connectivity index (χ4n) is 2.10. The summed E-state index contributed by atoms with van der Waals surface area (Å²) in [6, 6.07) is 4.33. The molecule has 0 aliphatic rings. The molecular weight excluding hydrogens is 267 g/mol. The second kappa shape index (κ2) is 8.42. The van der Waals surface area contributed by atoms with E-state index < -0.39 is 0 Å². The molecule has 98 valence electrons. The minimum atomic E-state index is -0.309. The molecule has 17 heavy (non-hydrogen) atoms. The maximum atomic E-state index is 6.09. The Morgan fingerprint density at radius 2 is 1.94 bits per heavy atom. The van der Waals surface area contributed by atoms with E-state index in [0.717, 1.165) is 12.8 Å². The van der Waals surface area contributed by atoms with Gasteiger partial charge in [-0.05, 0) is 24.3 Å². The zero-order valence-electron chi connectivity index (χ0n) is 10.8. The molecule has 1 unspecified atom stereocenters. The van der Waals surface area contributed by atoms with Crippen molar-refractivity contribution in [3.05, 3.63) is 22.4 Å². The molecule has 0 saturated carbocycles. The van der Waals surface area contributed by atoms with Crippen LogP contribution in [0.15, 0.2) is 17.5 Å². The molecule has 4 heteroatoms. The number of unbranched alkanes of at least 4 members (excludes halogenated alkanes) is 2. The predicted molar refractivity (Wildman–Crippen MR) is 83.2 cm³/mol. The summed E-state index contributed by atoms with van der Waals surface area (Å²) in [5, 5.41) is 2.14. The van der Waals surface area contributed by atoms with Crippen molar-refractivity contribution in [1.82, 2.24) is 0 Å². The Kier molecular flexibility index (Phi) is 7.61. The van der Waals surface area contributed by atoms with Gasteiger partial charge in [0.2, 0.25) is 0 Å². The molecule has 0 aliphatic heterocycles. The minimum absolute atomic E-state index is 0.0722. The molecule has 1 atom stereocenters. The molecule has 0 spiro atoms. The van der Waals surface area contributed by atoms with Crippen LogP contribution in [0.4, 0.5) is 0 Å². The zero-order chi connectivity index (χ0) is 12.6. The molecule has 1 heterocycles. The lowest BCUT2D eigenvalue weighted by Crippen LogP contribution is -2.25. The van der Waals surface area contributed by atoms with Gasteiger partial charge in [-0.1, -0.05) is 57.4 Å². The highest BCUT2D eigenvalue weighted by Crippen LogP contribution is 2.41. The third-order valence-electron chi connectivity index (χ3n) is 3.11. The van der Waals surface area contributed by atoms with Crippen LogP contribution >= 0.6 is 18.9 Å². The third-order valence-corrected chi connectivity index (χ3v) is 5.00. The molecule has 1 aromatic heterocycles. The maximum absolute atomic E-state index is 6.09. The Morgan fingerprint density at radius 3 is 2.35 bits per heavy atom. The van der Waals surface area contributed by atoms with Crippen LogP contribution in [0.3, 0.4) is 0 Å². The first-order valence-electron chi connectivity index (χ1n) is 6.44. The molecule has 0 radical (unpaired) electrons. The van der Waals surface area contributed by atoms with E-state index in [1.54, 1.807) is 0 Å². The summed E-state index contributed by atoms with van der Waals surface area (Å²) in [5.41, 5.74) is -0.0722. The van der Waals surface area contributed by atoms with Crippen LogP contribution < -0.4 is 0 Å². The molecule has 1 nitrogen and oxygen atoms in total. The number of thiophene rings is 1. The van der Waals surface area contributed by atoms with Gasteiger partial charge in [-0.3, -0.25) is 0 Å². The van der Waals surface area contributed by atoms with E-state index in [-0.39, 0.29) is 13.2 Å². The van der Waals surface area contributed by atoms with Crippen molar-refractivity contribution < 1.29 is 4.52 Å². The van der Waals surface area contributed by atoms with Crippen LogP contribution in [-0.2, 0) is 21.9 Å². The highest BCUT2D eigenvalue weighted by molar-refractivity contribution is 7.94. The van der Waals surface area contributed by atoms with Gasteiger partial charge in [0.25, 0.3) is 0 Å². The fourth-order valence-corrected chi connectivity index (χ4v) is 4.21. The molecule has 0 aliphatic carbocycles. The van der Waals surface area contributed by atoms with E-state index in [1.807, 2.05) is 11.3 Å². The predicted octanol–water partition coefficient (Wildman–Crippen LogP) is 5.13. The highest BCUT2D eigenvalue weighted by Gasteiger charge is 2.32. The van der Waals surface area contributed by atoms with Gasteiger partial charge in [0.1, 0.15) is 5.60 Å². The van der Waals surface area contributed by atoms with Crippen LogP contribution in [0.2, 0.25) is 0 Å². The Bertz CT molecular complexity index is 303. The van der Waals surface area contributed by atoms with Crippen molar-refractivity contribution in [2.45, 2.75) is 58.0 Å². The molecule has 0 amide bonds. The van der Waals surface area contributed by atoms with E-state index in [2.05, 4.69) is 31.4 Å². The van der Waals surface area contributed by atoms with E-state index in [1.165, 1.54) is 30.6 Å². The Hall–Kier alpha value is 0.310. The number of hydrogen-bond donors (Lipinski definition) is 0. The van der Waals surface area contributed by atoms with Crippen molar-refractivity contribution in [3.8, 4) is 0 Å². The second-order valence-corrected chi connectivity index (χ2v) is 6.35. The average molecular weight is 290 g/mol. The fraction of sp³-hybridized carbons (Fsp3) is 0.692. The van der Waals surface area contributed by atoms with Gasteiger partial charge in [-0.2, -0.15) is 0 Å². The van der Waals surface area contributed by atoms with Crippen LogP contribution in [-0.4, -0.2) is 0 Å². The molecule has 1 rings (SSSR count).